The van der Waals surface area contributed by atoms with Gasteiger partial charge in [-0.2, -0.15) is 0 Å². The van der Waals surface area contributed by atoms with Crippen molar-refractivity contribution in [3.8, 4) is 0 Å². The van der Waals surface area contributed by atoms with Gasteiger partial charge < -0.3 is 25.2 Å². The van der Waals surface area contributed by atoms with Crippen molar-refractivity contribution in [1.82, 2.24) is 15.2 Å². The third-order valence-electron chi connectivity index (χ3n) is 5.53. The molecule has 0 spiro atoms. The highest BCUT2D eigenvalue weighted by Crippen LogP contribution is 2.35. The van der Waals surface area contributed by atoms with Crippen molar-refractivity contribution < 1.29 is 14.4 Å². The van der Waals surface area contributed by atoms with Crippen molar-refractivity contribution in [3.05, 3.63) is 53.5 Å². The molecule has 0 saturated carbocycles. The van der Waals surface area contributed by atoms with E-state index in [-0.39, 0.29) is 5.91 Å². The van der Waals surface area contributed by atoms with E-state index in [1.54, 1.807) is 17.3 Å². The molecule has 1 aliphatic carbocycles. The van der Waals surface area contributed by atoms with Crippen LogP contribution in [0, 0.1) is 0 Å². The Kier molecular flexibility index (Phi) is 4.40. The van der Waals surface area contributed by atoms with Gasteiger partial charge in [-0.05, 0) is 36.6 Å². The molecular formula is C21H21N5O3. The molecule has 3 N–H and O–H groups in total. The van der Waals surface area contributed by atoms with Crippen LogP contribution in [0.2, 0.25) is 0 Å². The van der Waals surface area contributed by atoms with Crippen LogP contribution in [-0.2, 0) is 6.42 Å². The smallest absolute Gasteiger partial charge is 0.291 e. The molecule has 0 atom stereocenters. The topological polar surface area (TPSA) is 103 Å². The van der Waals surface area contributed by atoms with Crippen LogP contribution < -0.4 is 10.6 Å². The molecule has 29 heavy (non-hydrogen) atoms. The van der Waals surface area contributed by atoms with E-state index >= 15 is 0 Å². The van der Waals surface area contributed by atoms with Gasteiger partial charge in [-0.25, -0.2) is 0 Å². The molecule has 148 valence electrons. The maximum absolute atomic E-state index is 13.1. The largest absolute Gasteiger partial charge is 0.447 e. The van der Waals surface area contributed by atoms with Crippen molar-refractivity contribution in [2.24, 2.45) is 5.16 Å². The van der Waals surface area contributed by atoms with Gasteiger partial charge in [0.1, 0.15) is 0 Å². The normalized spacial score (nSPS) is 17.7. The van der Waals surface area contributed by atoms with Gasteiger partial charge in [0.15, 0.2) is 5.58 Å². The number of nitrogens with zero attached hydrogens (tertiary/aromatic N) is 3. The molecule has 2 aromatic heterocycles. The van der Waals surface area contributed by atoms with Gasteiger partial charge in [0.2, 0.25) is 5.76 Å². The van der Waals surface area contributed by atoms with Crippen LogP contribution >= 0.6 is 0 Å². The molecular weight excluding hydrogens is 370 g/mol. The Balaban J connectivity index is 1.53. The molecule has 0 bridgehead atoms. The Hall–Kier alpha value is -3.39. The number of anilines is 2. The second kappa shape index (κ2) is 7.21. The van der Waals surface area contributed by atoms with Crippen LogP contribution in [0.3, 0.4) is 0 Å². The maximum atomic E-state index is 13.1. The first-order chi connectivity index (χ1) is 14.2. The molecule has 1 amide bonds. The van der Waals surface area contributed by atoms with E-state index in [9.17, 15) is 4.79 Å². The number of amides is 1. The number of carbonyl (C=O) groups excluding carboxylic acids is 1. The monoisotopic (exact) mass is 391 g/mol. The zero-order valence-electron chi connectivity index (χ0n) is 15.8. The van der Waals surface area contributed by atoms with E-state index in [0.717, 1.165) is 48.1 Å². The van der Waals surface area contributed by atoms with Crippen LogP contribution in [0.15, 0.2) is 46.2 Å². The second-order valence-corrected chi connectivity index (χ2v) is 7.26. The number of hydrogen-bond donors (Lipinski definition) is 3. The third kappa shape index (κ3) is 3.11. The zero-order valence-corrected chi connectivity index (χ0v) is 15.8. The van der Waals surface area contributed by atoms with Gasteiger partial charge in [-0.15, -0.1) is 0 Å². The molecule has 0 unspecified atom stereocenters. The number of aryl methyl sites for hydroxylation is 1. The van der Waals surface area contributed by atoms with Crippen LogP contribution in [0.4, 0.5) is 11.4 Å². The predicted octanol–water partition coefficient (Wildman–Crippen LogP) is 2.74. The summed E-state index contributed by atoms with van der Waals surface area (Å²) in [4.78, 5) is 19.1. The highest BCUT2D eigenvalue weighted by Gasteiger charge is 2.27. The summed E-state index contributed by atoms with van der Waals surface area (Å²) >= 11 is 0. The van der Waals surface area contributed by atoms with E-state index in [2.05, 4.69) is 20.8 Å². The van der Waals surface area contributed by atoms with E-state index in [0.29, 0.717) is 35.8 Å². The number of rotatable bonds is 3. The summed E-state index contributed by atoms with van der Waals surface area (Å²) in [5, 5.41) is 20.0. The number of carbonyl (C=O) groups is 1. The summed E-state index contributed by atoms with van der Waals surface area (Å²) in [5.41, 5.74) is 4.88. The molecule has 0 radical (unpaired) electrons. The highest BCUT2D eigenvalue weighted by molar-refractivity contribution is 6.08. The van der Waals surface area contributed by atoms with Crippen molar-refractivity contribution in [2.45, 2.75) is 12.8 Å². The van der Waals surface area contributed by atoms with E-state index < -0.39 is 0 Å². The van der Waals surface area contributed by atoms with Crippen molar-refractivity contribution in [2.75, 3.05) is 31.5 Å². The molecule has 3 aromatic rings. The van der Waals surface area contributed by atoms with Gasteiger partial charge in [-0.3, -0.25) is 9.78 Å². The minimum atomic E-state index is -0.124. The fourth-order valence-corrected chi connectivity index (χ4v) is 4.03. The molecule has 3 heterocycles. The molecule has 5 rings (SSSR count). The highest BCUT2D eigenvalue weighted by atomic mass is 16.4. The number of furan rings is 1. The molecule has 1 aliphatic heterocycles. The Bertz CT molecular complexity index is 1110. The maximum Gasteiger partial charge on any atom is 0.291 e. The lowest BCUT2D eigenvalue weighted by Crippen LogP contribution is -2.46. The Labute approximate surface area is 167 Å². The number of pyridine rings is 1. The summed E-state index contributed by atoms with van der Waals surface area (Å²) in [6.07, 6.45) is 4.87. The van der Waals surface area contributed by atoms with Gasteiger partial charge >= 0.3 is 0 Å². The summed E-state index contributed by atoms with van der Waals surface area (Å²) in [7, 11) is 0. The quantitative estimate of drug-likeness (QED) is 0.469. The van der Waals surface area contributed by atoms with Crippen LogP contribution in [0.25, 0.3) is 11.0 Å². The van der Waals surface area contributed by atoms with E-state index in [1.807, 2.05) is 24.3 Å². The van der Waals surface area contributed by atoms with Gasteiger partial charge in [0, 0.05) is 49.0 Å². The van der Waals surface area contributed by atoms with Gasteiger partial charge in [0.05, 0.1) is 17.6 Å². The first kappa shape index (κ1) is 17.7. The predicted molar refractivity (Wildman–Crippen MR) is 109 cm³/mol. The molecule has 8 nitrogen and oxygen atoms in total. The molecule has 1 fully saturated rings. The number of fused-ring (bicyclic) bond motifs is 2. The molecule has 2 aliphatic rings. The number of aromatic nitrogens is 1. The third-order valence-corrected chi connectivity index (χ3v) is 5.53. The fraction of sp³-hybridized carbons (Fsp3) is 0.286. The number of benzene rings is 1. The molecule has 1 saturated heterocycles. The standard InChI is InChI=1S/C21H21N5O3/c27-21(26-9-7-22-8-10-26)20-19(16-5-6-23-12-18(16)29-20)24-14-2-3-15-13(11-14)1-4-17(15)25-28/h2-3,5-6,11-12,22,24,28H,1,4,7-10H2. The number of nitrogens with one attached hydrogen (secondary N) is 2. The summed E-state index contributed by atoms with van der Waals surface area (Å²) in [6.45, 7) is 2.84. The van der Waals surface area contributed by atoms with Crippen LogP contribution in [0.1, 0.15) is 28.1 Å². The summed E-state index contributed by atoms with van der Waals surface area (Å²) < 4.78 is 5.92. The molecule has 8 heteroatoms. The van der Waals surface area contributed by atoms with Crippen molar-refractivity contribution in [3.63, 3.8) is 0 Å². The second-order valence-electron chi connectivity index (χ2n) is 7.26. The lowest BCUT2D eigenvalue weighted by atomic mass is 10.1. The zero-order chi connectivity index (χ0) is 19.8. The minimum Gasteiger partial charge on any atom is -0.447 e. The lowest BCUT2D eigenvalue weighted by Gasteiger charge is -2.26. The van der Waals surface area contributed by atoms with Crippen molar-refractivity contribution in [1.29, 1.82) is 0 Å². The first-order valence-corrected chi connectivity index (χ1v) is 9.72. The summed E-state index contributed by atoms with van der Waals surface area (Å²) in [5.74, 6) is 0.175. The number of piperazine rings is 1. The van der Waals surface area contributed by atoms with E-state index in [1.165, 1.54) is 0 Å². The van der Waals surface area contributed by atoms with Crippen LogP contribution in [0.5, 0.6) is 0 Å². The minimum absolute atomic E-state index is 0.124. The Morgan fingerprint density at radius 1 is 1.24 bits per heavy atom. The van der Waals surface area contributed by atoms with E-state index in [4.69, 9.17) is 9.62 Å². The number of hydrogen-bond acceptors (Lipinski definition) is 7. The lowest BCUT2D eigenvalue weighted by molar-refractivity contribution is 0.0707. The summed E-state index contributed by atoms with van der Waals surface area (Å²) in [6, 6.07) is 7.75. The fourth-order valence-electron chi connectivity index (χ4n) is 4.03. The Morgan fingerprint density at radius 3 is 2.93 bits per heavy atom. The van der Waals surface area contributed by atoms with Crippen molar-refractivity contribution >= 4 is 34.0 Å². The number of oxime groups is 1. The average Bonchev–Trinajstić information content (AvgIpc) is 3.35. The first-order valence-electron chi connectivity index (χ1n) is 9.72. The van der Waals surface area contributed by atoms with Gasteiger partial charge in [0.25, 0.3) is 5.91 Å². The average molecular weight is 391 g/mol. The van der Waals surface area contributed by atoms with Crippen LogP contribution in [-0.4, -0.2) is 52.9 Å². The Morgan fingerprint density at radius 2 is 2.10 bits per heavy atom. The molecule has 1 aromatic carbocycles. The van der Waals surface area contributed by atoms with Gasteiger partial charge in [-0.1, -0.05) is 11.2 Å². The SMILES string of the molecule is O=C(c1oc2cnccc2c1Nc1ccc2c(c1)CCC2=NO)N1CCNCC1.